The number of fused-ring (bicyclic) bond motifs is 1. The van der Waals surface area contributed by atoms with Crippen molar-refractivity contribution in [2.24, 2.45) is 5.92 Å². The number of aromatic nitrogens is 1. The number of ether oxygens (including phenoxy) is 1. The van der Waals surface area contributed by atoms with Crippen molar-refractivity contribution in [3.05, 3.63) is 30.0 Å². The minimum absolute atomic E-state index is 0.111. The van der Waals surface area contributed by atoms with E-state index in [4.69, 9.17) is 4.74 Å². The highest BCUT2D eigenvalue weighted by atomic mass is 19.4. The van der Waals surface area contributed by atoms with Gasteiger partial charge in [0.1, 0.15) is 0 Å². The topological polar surface area (TPSA) is 42.1 Å². The van der Waals surface area contributed by atoms with Crippen LogP contribution < -0.4 is 4.74 Å². The number of esters is 1. The van der Waals surface area contributed by atoms with E-state index >= 15 is 0 Å². The van der Waals surface area contributed by atoms with Crippen LogP contribution in [0.2, 0.25) is 0 Å². The van der Waals surface area contributed by atoms with Crippen LogP contribution in [0.1, 0.15) is 19.4 Å². The second-order valence-corrected chi connectivity index (χ2v) is 4.49. The van der Waals surface area contributed by atoms with Crippen molar-refractivity contribution in [3.8, 4) is 5.75 Å². The first-order chi connectivity index (χ1) is 8.79. The molecular weight excluding hydrogens is 259 g/mol. The van der Waals surface area contributed by atoms with Crippen LogP contribution in [0, 0.1) is 5.92 Å². The summed E-state index contributed by atoms with van der Waals surface area (Å²) >= 11 is 0. The van der Waals surface area contributed by atoms with Gasteiger partial charge in [-0.05, 0) is 18.2 Å². The van der Waals surface area contributed by atoms with Crippen molar-refractivity contribution < 1.29 is 22.7 Å². The molecule has 0 aliphatic rings. The smallest absolute Gasteiger partial charge is 0.416 e. The molecule has 0 radical (unpaired) electrons. The maximum Gasteiger partial charge on any atom is 0.416 e. The summed E-state index contributed by atoms with van der Waals surface area (Å²) in [6, 6.07) is 3.26. The fourth-order valence-electron chi connectivity index (χ4n) is 1.58. The van der Waals surface area contributed by atoms with E-state index in [1.54, 1.807) is 13.8 Å². The van der Waals surface area contributed by atoms with Gasteiger partial charge in [0, 0.05) is 17.1 Å². The molecule has 0 aliphatic heterocycles. The van der Waals surface area contributed by atoms with Gasteiger partial charge in [-0.15, -0.1) is 0 Å². The first-order valence-electron chi connectivity index (χ1n) is 5.69. The molecule has 19 heavy (non-hydrogen) atoms. The lowest BCUT2D eigenvalue weighted by molar-refractivity contribution is -0.138. The highest BCUT2D eigenvalue weighted by Crippen LogP contribution is 2.34. The van der Waals surface area contributed by atoms with Gasteiger partial charge < -0.3 is 9.72 Å². The number of rotatable bonds is 2. The Morgan fingerprint density at radius 2 is 2.00 bits per heavy atom. The summed E-state index contributed by atoms with van der Waals surface area (Å²) in [4.78, 5) is 14.2. The highest BCUT2D eigenvalue weighted by Gasteiger charge is 2.31. The number of hydrogen-bond donors (Lipinski definition) is 1. The third-order valence-corrected chi connectivity index (χ3v) is 2.65. The molecule has 1 aromatic carbocycles. The minimum atomic E-state index is -4.43. The highest BCUT2D eigenvalue weighted by molar-refractivity contribution is 5.89. The number of carbonyl (C=O) groups is 1. The van der Waals surface area contributed by atoms with E-state index < -0.39 is 17.7 Å². The summed E-state index contributed by atoms with van der Waals surface area (Å²) in [5.74, 6) is -0.728. The van der Waals surface area contributed by atoms with Crippen LogP contribution in [0.15, 0.2) is 24.4 Å². The van der Waals surface area contributed by atoms with E-state index in [9.17, 15) is 18.0 Å². The average molecular weight is 271 g/mol. The van der Waals surface area contributed by atoms with E-state index in [0.29, 0.717) is 5.52 Å². The Hall–Kier alpha value is -1.98. The Morgan fingerprint density at radius 3 is 2.58 bits per heavy atom. The molecule has 0 amide bonds. The van der Waals surface area contributed by atoms with Crippen LogP contribution in [-0.2, 0) is 11.0 Å². The Labute approximate surface area is 107 Å². The molecule has 102 valence electrons. The SMILES string of the molecule is CC(C)C(=O)Oc1c[nH]c2ccc(C(F)(F)F)cc12. The Bertz CT molecular complexity index is 614. The number of aromatic amines is 1. The van der Waals surface area contributed by atoms with E-state index in [1.165, 1.54) is 12.3 Å². The lowest BCUT2D eigenvalue weighted by Crippen LogP contribution is -2.14. The van der Waals surface area contributed by atoms with Crippen LogP contribution >= 0.6 is 0 Å². The van der Waals surface area contributed by atoms with Crippen molar-refractivity contribution >= 4 is 16.9 Å². The molecule has 6 heteroatoms. The molecule has 0 aliphatic carbocycles. The molecule has 0 unspecified atom stereocenters. The average Bonchev–Trinajstić information content (AvgIpc) is 2.70. The van der Waals surface area contributed by atoms with Gasteiger partial charge in [-0.3, -0.25) is 4.79 Å². The minimum Gasteiger partial charge on any atom is -0.424 e. The van der Waals surface area contributed by atoms with Crippen molar-refractivity contribution in [2.75, 3.05) is 0 Å². The van der Waals surface area contributed by atoms with E-state index in [2.05, 4.69) is 4.98 Å². The molecule has 1 N–H and O–H groups in total. The predicted octanol–water partition coefficient (Wildman–Crippen LogP) is 3.75. The second kappa shape index (κ2) is 4.60. The van der Waals surface area contributed by atoms with Crippen molar-refractivity contribution in [3.63, 3.8) is 0 Å². The van der Waals surface area contributed by atoms with Crippen LogP contribution in [0.4, 0.5) is 13.2 Å². The van der Waals surface area contributed by atoms with Gasteiger partial charge in [-0.2, -0.15) is 13.2 Å². The standard InChI is InChI=1S/C13H12F3NO2/c1-7(2)12(18)19-11-6-17-10-4-3-8(5-9(10)11)13(14,15)16/h3-7,17H,1-2H3. The molecule has 1 aromatic heterocycles. The number of nitrogens with one attached hydrogen (secondary N) is 1. The van der Waals surface area contributed by atoms with Crippen LogP contribution in [0.25, 0.3) is 10.9 Å². The third kappa shape index (κ3) is 2.72. The van der Waals surface area contributed by atoms with Crippen molar-refractivity contribution in [2.45, 2.75) is 20.0 Å². The Morgan fingerprint density at radius 1 is 1.32 bits per heavy atom. The van der Waals surface area contributed by atoms with Crippen LogP contribution in [0.3, 0.4) is 0 Å². The van der Waals surface area contributed by atoms with E-state index in [0.717, 1.165) is 12.1 Å². The quantitative estimate of drug-likeness (QED) is 0.845. The Balaban J connectivity index is 2.43. The lowest BCUT2D eigenvalue weighted by atomic mass is 10.1. The van der Waals surface area contributed by atoms with Gasteiger partial charge in [-0.25, -0.2) is 0 Å². The van der Waals surface area contributed by atoms with Gasteiger partial charge in [0.25, 0.3) is 0 Å². The fourth-order valence-corrected chi connectivity index (χ4v) is 1.58. The molecule has 0 saturated carbocycles. The molecule has 0 fully saturated rings. The summed E-state index contributed by atoms with van der Waals surface area (Å²) in [5, 5.41) is 0.240. The summed E-state index contributed by atoms with van der Waals surface area (Å²) in [6.07, 6.45) is -3.05. The number of alkyl halides is 3. The number of H-pyrrole nitrogens is 1. The molecule has 0 spiro atoms. The molecule has 0 atom stereocenters. The zero-order valence-electron chi connectivity index (χ0n) is 10.3. The number of hydrogen-bond acceptors (Lipinski definition) is 2. The first kappa shape index (κ1) is 13.5. The molecule has 3 nitrogen and oxygen atoms in total. The van der Waals surface area contributed by atoms with Gasteiger partial charge in [-0.1, -0.05) is 13.8 Å². The van der Waals surface area contributed by atoms with Crippen molar-refractivity contribution in [1.29, 1.82) is 0 Å². The molecule has 1 heterocycles. The maximum atomic E-state index is 12.6. The van der Waals surface area contributed by atoms with Crippen molar-refractivity contribution in [1.82, 2.24) is 4.98 Å². The largest absolute Gasteiger partial charge is 0.424 e. The molecule has 2 aromatic rings. The molecular formula is C13H12F3NO2. The molecule has 2 rings (SSSR count). The summed E-state index contributed by atoms with van der Waals surface area (Å²) in [5.41, 5.74) is -0.291. The normalized spacial score (nSPS) is 12.1. The zero-order chi connectivity index (χ0) is 14.2. The molecule has 0 bridgehead atoms. The summed E-state index contributed by atoms with van der Waals surface area (Å²) in [6.45, 7) is 3.30. The van der Waals surface area contributed by atoms with Gasteiger partial charge in [0.05, 0.1) is 11.5 Å². The van der Waals surface area contributed by atoms with Gasteiger partial charge in [0.2, 0.25) is 0 Å². The summed E-state index contributed by atoms with van der Waals surface area (Å²) in [7, 11) is 0. The monoisotopic (exact) mass is 271 g/mol. The first-order valence-corrected chi connectivity index (χ1v) is 5.69. The fraction of sp³-hybridized carbons (Fsp3) is 0.308. The number of carbonyl (C=O) groups excluding carboxylic acids is 1. The molecule has 0 saturated heterocycles. The summed E-state index contributed by atoms with van der Waals surface area (Å²) < 4.78 is 42.9. The number of benzene rings is 1. The van der Waals surface area contributed by atoms with Crippen LogP contribution in [0.5, 0.6) is 5.75 Å². The Kier molecular flexibility index (Phi) is 3.26. The van der Waals surface area contributed by atoms with Gasteiger partial charge in [0.15, 0.2) is 5.75 Å². The predicted molar refractivity (Wildman–Crippen MR) is 63.8 cm³/mol. The third-order valence-electron chi connectivity index (χ3n) is 2.65. The van der Waals surface area contributed by atoms with E-state index in [-0.39, 0.29) is 17.1 Å². The maximum absolute atomic E-state index is 12.6. The van der Waals surface area contributed by atoms with Crippen LogP contribution in [-0.4, -0.2) is 11.0 Å². The zero-order valence-corrected chi connectivity index (χ0v) is 10.3. The van der Waals surface area contributed by atoms with E-state index in [1.807, 2.05) is 0 Å². The second-order valence-electron chi connectivity index (χ2n) is 4.49. The number of halogens is 3. The van der Waals surface area contributed by atoms with Gasteiger partial charge >= 0.3 is 12.1 Å². The lowest BCUT2D eigenvalue weighted by Gasteiger charge is -2.08.